The Hall–Kier alpha value is -3.03. The lowest BCUT2D eigenvalue weighted by molar-refractivity contribution is -0.117. The zero-order valence-corrected chi connectivity index (χ0v) is 11.3. The Labute approximate surface area is 119 Å². The van der Waals surface area contributed by atoms with Gasteiger partial charge in [0.15, 0.2) is 0 Å². The summed E-state index contributed by atoms with van der Waals surface area (Å²) < 4.78 is 6.02. The van der Waals surface area contributed by atoms with Gasteiger partial charge in [0, 0.05) is 23.9 Å². The second-order valence-electron chi connectivity index (χ2n) is 4.24. The quantitative estimate of drug-likeness (QED) is 0.672. The maximum absolute atomic E-state index is 11.9. The summed E-state index contributed by atoms with van der Waals surface area (Å²) in [7, 11) is 1.45. The van der Waals surface area contributed by atoms with Crippen LogP contribution in [0.15, 0.2) is 39.9 Å². The molecule has 0 saturated heterocycles. The maximum Gasteiger partial charge on any atom is 0.265 e. The van der Waals surface area contributed by atoms with Gasteiger partial charge in [-0.25, -0.2) is 4.68 Å². The molecule has 4 N–H and O–H groups in total. The number of hydrogen-bond acceptors (Lipinski definition) is 5. The largest absolute Gasteiger partial charge is 0.494 e. The third-order valence-electron chi connectivity index (χ3n) is 2.69. The minimum atomic E-state index is -0.484. The minimum absolute atomic E-state index is 0.317. The molecule has 0 aliphatic heterocycles. The Morgan fingerprint density at radius 2 is 2.10 bits per heavy atom. The van der Waals surface area contributed by atoms with E-state index in [1.165, 1.54) is 7.11 Å². The van der Waals surface area contributed by atoms with Crippen LogP contribution in [-0.2, 0) is 11.3 Å². The summed E-state index contributed by atoms with van der Waals surface area (Å²) in [6.07, 6.45) is 0. The van der Waals surface area contributed by atoms with E-state index in [0.717, 1.165) is 16.8 Å². The lowest BCUT2D eigenvalue weighted by Crippen LogP contribution is -2.32. The van der Waals surface area contributed by atoms with Crippen molar-refractivity contribution >= 4 is 17.3 Å². The van der Waals surface area contributed by atoms with E-state index in [2.05, 4.69) is 10.4 Å². The van der Waals surface area contributed by atoms with Gasteiger partial charge >= 0.3 is 0 Å². The van der Waals surface area contributed by atoms with Crippen LogP contribution in [-0.4, -0.2) is 22.8 Å². The van der Waals surface area contributed by atoms with Crippen molar-refractivity contribution in [2.24, 2.45) is 0 Å². The molecule has 0 aliphatic carbocycles. The summed E-state index contributed by atoms with van der Waals surface area (Å²) in [6.45, 7) is -0.317. The molecule has 2 rings (SSSR count). The van der Waals surface area contributed by atoms with Crippen molar-refractivity contribution in [3.63, 3.8) is 0 Å². The highest BCUT2D eigenvalue weighted by Crippen LogP contribution is 2.26. The molecule has 1 heterocycles. The molecule has 0 aliphatic rings. The van der Waals surface area contributed by atoms with Gasteiger partial charge in [-0.05, 0) is 12.1 Å². The number of carbonyl (C=O) groups is 1. The van der Waals surface area contributed by atoms with E-state index in [1.807, 2.05) is 0 Å². The minimum Gasteiger partial charge on any atom is -0.494 e. The number of ether oxygens (including phenoxy) is 1. The van der Waals surface area contributed by atoms with Crippen LogP contribution in [0.1, 0.15) is 0 Å². The SMILES string of the molecule is COc1cc(N)ccc1NC(=O)Cn1[nH]c(=O)ccc1=O. The van der Waals surface area contributed by atoms with Crippen LogP contribution >= 0.6 is 0 Å². The van der Waals surface area contributed by atoms with Gasteiger partial charge < -0.3 is 15.8 Å². The van der Waals surface area contributed by atoms with Gasteiger partial charge in [0.05, 0.1) is 12.8 Å². The van der Waals surface area contributed by atoms with Crippen LogP contribution in [0, 0.1) is 0 Å². The van der Waals surface area contributed by atoms with Gasteiger partial charge in [-0.3, -0.25) is 19.5 Å². The highest BCUT2D eigenvalue weighted by atomic mass is 16.5. The van der Waals surface area contributed by atoms with Crippen molar-refractivity contribution in [1.29, 1.82) is 0 Å². The first-order valence-electron chi connectivity index (χ1n) is 6.03. The average Bonchev–Trinajstić information content (AvgIpc) is 2.44. The predicted molar refractivity (Wildman–Crippen MR) is 77.4 cm³/mol. The van der Waals surface area contributed by atoms with Crippen molar-refractivity contribution < 1.29 is 9.53 Å². The Balaban J connectivity index is 2.17. The fourth-order valence-corrected chi connectivity index (χ4v) is 1.72. The summed E-state index contributed by atoms with van der Waals surface area (Å²) in [6, 6.07) is 6.94. The first kappa shape index (κ1) is 14.4. The molecular weight excluding hydrogens is 276 g/mol. The highest BCUT2D eigenvalue weighted by Gasteiger charge is 2.09. The number of nitrogen functional groups attached to an aromatic ring is 1. The van der Waals surface area contributed by atoms with Gasteiger partial charge in [0.2, 0.25) is 5.91 Å². The van der Waals surface area contributed by atoms with Crippen molar-refractivity contribution in [1.82, 2.24) is 9.78 Å². The Kier molecular flexibility index (Phi) is 4.07. The number of nitrogens with one attached hydrogen (secondary N) is 2. The third-order valence-corrected chi connectivity index (χ3v) is 2.69. The van der Waals surface area contributed by atoms with E-state index >= 15 is 0 Å². The van der Waals surface area contributed by atoms with Crippen LogP contribution in [0.5, 0.6) is 5.75 Å². The molecule has 0 spiro atoms. The summed E-state index contributed by atoms with van der Waals surface area (Å²) in [5, 5.41) is 4.85. The first-order valence-corrected chi connectivity index (χ1v) is 6.03. The Bertz CT molecular complexity index is 778. The number of benzene rings is 1. The van der Waals surface area contributed by atoms with E-state index in [4.69, 9.17) is 10.5 Å². The average molecular weight is 290 g/mol. The lowest BCUT2D eigenvalue weighted by Gasteiger charge is -2.11. The highest BCUT2D eigenvalue weighted by molar-refractivity contribution is 5.92. The van der Waals surface area contributed by atoms with Crippen LogP contribution in [0.3, 0.4) is 0 Å². The van der Waals surface area contributed by atoms with Crippen LogP contribution in [0.2, 0.25) is 0 Å². The molecule has 110 valence electrons. The molecule has 0 radical (unpaired) electrons. The molecule has 0 bridgehead atoms. The monoisotopic (exact) mass is 290 g/mol. The first-order chi connectivity index (χ1) is 9.99. The number of hydrogen-bond donors (Lipinski definition) is 3. The Morgan fingerprint density at radius 1 is 1.33 bits per heavy atom. The number of methoxy groups -OCH3 is 1. The molecule has 0 unspecified atom stereocenters. The van der Waals surface area contributed by atoms with E-state index in [1.54, 1.807) is 18.2 Å². The number of anilines is 2. The van der Waals surface area contributed by atoms with E-state index in [0.29, 0.717) is 17.1 Å². The number of aromatic amines is 1. The van der Waals surface area contributed by atoms with Gasteiger partial charge in [0.1, 0.15) is 12.3 Å². The van der Waals surface area contributed by atoms with Crippen molar-refractivity contribution in [3.8, 4) is 5.75 Å². The molecule has 1 aromatic heterocycles. The summed E-state index contributed by atoms with van der Waals surface area (Å²) >= 11 is 0. The fraction of sp³-hybridized carbons (Fsp3) is 0.154. The van der Waals surface area contributed by atoms with E-state index in [-0.39, 0.29) is 6.54 Å². The van der Waals surface area contributed by atoms with Crippen molar-refractivity contribution in [2.75, 3.05) is 18.2 Å². The fourth-order valence-electron chi connectivity index (χ4n) is 1.72. The predicted octanol–water partition coefficient (Wildman–Crippen LogP) is -0.234. The normalized spacial score (nSPS) is 10.1. The Morgan fingerprint density at radius 3 is 2.81 bits per heavy atom. The summed E-state index contributed by atoms with van der Waals surface area (Å²) in [4.78, 5) is 34.6. The van der Waals surface area contributed by atoms with Crippen molar-refractivity contribution in [3.05, 3.63) is 51.0 Å². The second-order valence-corrected chi connectivity index (χ2v) is 4.24. The molecular formula is C13H14N4O4. The maximum atomic E-state index is 11.9. The number of amides is 1. The molecule has 21 heavy (non-hydrogen) atoms. The third kappa shape index (κ3) is 3.50. The number of carbonyl (C=O) groups excluding carboxylic acids is 1. The van der Waals surface area contributed by atoms with E-state index in [9.17, 15) is 14.4 Å². The smallest absolute Gasteiger partial charge is 0.265 e. The van der Waals surface area contributed by atoms with Crippen LogP contribution in [0.25, 0.3) is 0 Å². The molecule has 1 aromatic carbocycles. The topological polar surface area (TPSA) is 119 Å². The molecule has 0 atom stereocenters. The van der Waals surface area contributed by atoms with E-state index < -0.39 is 17.0 Å². The van der Waals surface area contributed by atoms with Gasteiger partial charge in [0.25, 0.3) is 11.1 Å². The van der Waals surface area contributed by atoms with Crippen molar-refractivity contribution in [2.45, 2.75) is 6.54 Å². The molecule has 2 aromatic rings. The molecule has 8 heteroatoms. The second kappa shape index (κ2) is 5.95. The van der Waals surface area contributed by atoms with Crippen LogP contribution < -0.4 is 26.9 Å². The zero-order valence-electron chi connectivity index (χ0n) is 11.3. The summed E-state index contributed by atoms with van der Waals surface area (Å²) in [5.74, 6) is -0.0840. The van der Waals surface area contributed by atoms with Gasteiger partial charge in [-0.1, -0.05) is 0 Å². The molecule has 8 nitrogen and oxygen atoms in total. The number of aromatic nitrogens is 2. The summed E-state index contributed by atoms with van der Waals surface area (Å²) in [5.41, 5.74) is 5.59. The number of nitrogens with two attached hydrogens (primary N) is 1. The lowest BCUT2D eigenvalue weighted by atomic mass is 10.2. The number of rotatable bonds is 4. The standard InChI is InChI=1S/C13H14N4O4/c1-21-10-6-8(14)2-3-9(10)15-12(19)7-17-13(20)5-4-11(18)16-17/h2-6H,7,14H2,1H3,(H,15,19)(H,16,18). The molecule has 0 saturated carbocycles. The van der Waals surface area contributed by atoms with Gasteiger partial charge in [-0.15, -0.1) is 0 Å². The van der Waals surface area contributed by atoms with Gasteiger partial charge in [-0.2, -0.15) is 0 Å². The zero-order chi connectivity index (χ0) is 15.4. The molecule has 1 amide bonds. The van der Waals surface area contributed by atoms with Crippen LogP contribution in [0.4, 0.5) is 11.4 Å². The molecule has 0 fully saturated rings. The number of H-pyrrole nitrogens is 1. The number of nitrogens with zero attached hydrogens (tertiary/aromatic N) is 1.